The number of halogens is 2. The fraction of sp³-hybridized carbons (Fsp3) is 0.0952. The van der Waals surface area contributed by atoms with Gasteiger partial charge in [0.15, 0.2) is 0 Å². The van der Waals surface area contributed by atoms with Crippen LogP contribution in [0.5, 0.6) is 5.75 Å². The zero-order valence-electron chi connectivity index (χ0n) is 15.7. The van der Waals surface area contributed by atoms with Gasteiger partial charge in [0.25, 0.3) is 0 Å². The molecule has 0 spiro atoms. The summed E-state index contributed by atoms with van der Waals surface area (Å²) in [5.41, 5.74) is 1.87. The van der Waals surface area contributed by atoms with Crippen molar-refractivity contribution in [3.8, 4) is 17.0 Å². The largest absolute Gasteiger partial charge is 0.507 e. The maximum absolute atomic E-state index is 12.6. The van der Waals surface area contributed by atoms with E-state index in [0.717, 1.165) is 20.0 Å². The topological polar surface area (TPSA) is 80.1 Å². The van der Waals surface area contributed by atoms with Crippen LogP contribution in [0.2, 0.25) is 0 Å². The summed E-state index contributed by atoms with van der Waals surface area (Å²) in [6.07, 6.45) is 1.49. The predicted molar refractivity (Wildman–Crippen MR) is 126 cm³/mol. The van der Waals surface area contributed by atoms with E-state index in [2.05, 4.69) is 42.1 Å². The molecule has 4 aromatic rings. The Hall–Kier alpha value is -2.49. The number of hydrogen-bond donors (Lipinski definition) is 1. The minimum Gasteiger partial charge on any atom is -0.507 e. The van der Waals surface area contributed by atoms with Crippen LogP contribution in [0.25, 0.3) is 22.2 Å². The fourth-order valence-corrected chi connectivity index (χ4v) is 4.65. The smallest absolute Gasteiger partial charge is 0.345 e. The third kappa shape index (κ3) is 4.19. The molecule has 1 N–H and O–H groups in total. The van der Waals surface area contributed by atoms with Gasteiger partial charge >= 0.3 is 5.63 Å². The van der Waals surface area contributed by atoms with Gasteiger partial charge in [0.2, 0.25) is 4.80 Å². The fourth-order valence-electron chi connectivity index (χ4n) is 2.97. The van der Waals surface area contributed by atoms with Crippen LogP contribution in [0.3, 0.4) is 0 Å². The average Bonchev–Trinajstić information content (AvgIpc) is 3.13. The van der Waals surface area contributed by atoms with E-state index in [1.165, 1.54) is 17.6 Å². The first-order valence-corrected chi connectivity index (χ1v) is 11.4. The van der Waals surface area contributed by atoms with Gasteiger partial charge in [-0.05, 0) is 49.4 Å². The van der Waals surface area contributed by atoms with Crippen molar-refractivity contribution in [3.05, 3.63) is 77.6 Å². The summed E-state index contributed by atoms with van der Waals surface area (Å²) in [5.74, 6) is 0.118. The summed E-state index contributed by atoms with van der Waals surface area (Å²) in [4.78, 5) is 13.2. The summed E-state index contributed by atoms with van der Waals surface area (Å²) in [5, 5.41) is 21.0. The molecule has 0 unspecified atom stereocenters. The van der Waals surface area contributed by atoms with Gasteiger partial charge in [-0.2, -0.15) is 5.10 Å². The van der Waals surface area contributed by atoms with Gasteiger partial charge in [-0.25, -0.2) is 4.79 Å². The lowest BCUT2D eigenvalue weighted by molar-refractivity contribution is 0.474. The first-order valence-electron chi connectivity index (χ1n) is 8.94. The Morgan fingerprint density at radius 1 is 1.17 bits per heavy atom. The number of thiazole rings is 1. The van der Waals surface area contributed by atoms with E-state index in [0.29, 0.717) is 28.1 Å². The summed E-state index contributed by atoms with van der Waals surface area (Å²) >= 11 is 8.19. The molecule has 0 atom stereocenters. The van der Waals surface area contributed by atoms with Crippen molar-refractivity contribution in [1.82, 2.24) is 4.57 Å². The Morgan fingerprint density at radius 3 is 2.73 bits per heavy atom. The minimum atomic E-state index is -0.404. The highest BCUT2D eigenvalue weighted by Crippen LogP contribution is 2.24. The molecule has 2 aromatic heterocycles. The van der Waals surface area contributed by atoms with E-state index >= 15 is 0 Å². The normalized spacial score (nSPS) is 12.3. The number of fused-ring (bicyclic) bond motifs is 1. The number of hydrogen-bond acceptors (Lipinski definition) is 6. The molecule has 9 heteroatoms. The predicted octanol–water partition coefficient (Wildman–Crippen LogP) is 5.51. The number of nitrogens with zero attached hydrogens (tertiary/aromatic N) is 3. The van der Waals surface area contributed by atoms with E-state index < -0.39 is 5.63 Å². The summed E-state index contributed by atoms with van der Waals surface area (Å²) < 4.78 is 9.14. The van der Waals surface area contributed by atoms with Crippen molar-refractivity contribution in [1.29, 1.82) is 0 Å². The van der Waals surface area contributed by atoms with Crippen LogP contribution in [0.4, 0.5) is 0 Å². The Bertz CT molecular complexity index is 1400. The Labute approximate surface area is 192 Å². The van der Waals surface area contributed by atoms with Gasteiger partial charge in [-0.3, -0.25) is 0 Å². The first-order chi connectivity index (χ1) is 14.5. The van der Waals surface area contributed by atoms with E-state index in [1.54, 1.807) is 24.3 Å². The Kier molecular flexibility index (Phi) is 6.03. The summed E-state index contributed by atoms with van der Waals surface area (Å²) in [6, 6.07) is 12.4. The number of aromatic nitrogens is 1. The summed E-state index contributed by atoms with van der Waals surface area (Å²) in [6.45, 7) is 2.57. The molecular formula is C21H15Br2N3O3S. The third-order valence-corrected chi connectivity index (χ3v) is 6.25. The number of benzene rings is 2. The van der Waals surface area contributed by atoms with Gasteiger partial charge in [-0.1, -0.05) is 31.9 Å². The Morgan fingerprint density at radius 2 is 1.93 bits per heavy atom. The molecule has 0 saturated heterocycles. The molecule has 2 aromatic carbocycles. The molecule has 30 heavy (non-hydrogen) atoms. The third-order valence-electron chi connectivity index (χ3n) is 4.41. The van der Waals surface area contributed by atoms with Crippen molar-refractivity contribution >= 4 is 60.4 Å². The van der Waals surface area contributed by atoms with E-state index in [1.807, 2.05) is 35.1 Å². The maximum Gasteiger partial charge on any atom is 0.345 e. The van der Waals surface area contributed by atoms with Gasteiger partial charge in [-0.15, -0.1) is 16.4 Å². The number of rotatable bonds is 4. The second kappa shape index (κ2) is 8.71. The molecule has 0 saturated carbocycles. The number of phenolic OH excluding ortho intramolecular Hbond substituents is 1. The van der Waals surface area contributed by atoms with Gasteiger partial charge in [0, 0.05) is 31.8 Å². The molecule has 0 radical (unpaired) electrons. The van der Waals surface area contributed by atoms with Crippen LogP contribution in [-0.4, -0.2) is 15.9 Å². The molecule has 0 amide bonds. The molecule has 0 aliphatic carbocycles. The molecule has 6 nitrogen and oxygen atoms in total. The standard InChI is InChI=1S/C21H15Br2N3O3S/c1-2-26-17(16-9-12-7-15(23)4-6-19(12)29-20(16)28)11-30-21(26)25-24-10-13-8-14(22)3-5-18(13)27/h3-11,27H,2H2,1H3/b24-10+,25-21+. The average molecular weight is 549 g/mol. The molecular weight excluding hydrogens is 534 g/mol. The van der Waals surface area contributed by atoms with E-state index in [-0.39, 0.29) is 5.75 Å². The number of aromatic hydroxyl groups is 1. The molecule has 152 valence electrons. The first kappa shape index (κ1) is 20.8. The highest BCUT2D eigenvalue weighted by Gasteiger charge is 2.13. The minimum absolute atomic E-state index is 0.118. The van der Waals surface area contributed by atoms with Crippen LogP contribution in [-0.2, 0) is 6.54 Å². The van der Waals surface area contributed by atoms with Crippen LogP contribution in [0.15, 0.2) is 76.2 Å². The highest BCUT2D eigenvalue weighted by molar-refractivity contribution is 9.10. The van der Waals surface area contributed by atoms with Crippen molar-refractivity contribution < 1.29 is 9.52 Å². The van der Waals surface area contributed by atoms with E-state index in [4.69, 9.17) is 4.42 Å². The zero-order chi connectivity index (χ0) is 21.3. The molecule has 4 rings (SSSR count). The monoisotopic (exact) mass is 547 g/mol. The highest BCUT2D eigenvalue weighted by atomic mass is 79.9. The van der Waals surface area contributed by atoms with Crippen molar-refractivity contribution in [2.24, 2.45) is 10.2 Å². The van der Waals surface area contributed by atoms with Gasteiger partial charge in [0.05, 0.1) is 17.5 Å². The SMILES string of the molecule is CCn1c(-c2cc3cc(Br)ccc3oc2=O)cs/c1=N/N=C/c1cc(Br)ccc1O. The van der Waals surface area contributed by atoms with Crippen LogP contribution < -0.4 is 10.4 Å². The second-order valence-corrected chi connectivity index (χ2v) is 8.99. The number of phenols is 1. The summed E-state index contributed by atoms with van der Waals surface area (Å²) in [7, 11) is 0. The zero-order valence-corrected chi connectivity index (χ0v) is 19.7. The van der Waals surface area contributed by atoms with Gasteiger partial charge in [0.1, 0.15) is 11.3 Å². The maximum atomic E-state index is 12.6. The van der Waals surface area contributed by atoms with Crippen LogP contribution >= 0.6 is 43.2 Å². The lowest BCUT2D eigenvalue weighted by Gasteiger charge is -2.06. The molecule has 0 bridgehead atoms. The molecule has 0 aliphatic rings. The Balaban J connectivity index is 1.77. The van der Waals surface area contributed by atoms with Crippen LogP contribution in [0.1, 0.15) is 12.5 Å². The molecule has 0 fully saturated rings. The second-order valence-electron chi connectivity index (χ2n) is 6.33. The van der Waals surface area contributed by atoms with Crippen LogP contribution in [0, 0.1) is 0 Å². The lowest BCUT2D eigenvalue weighted by Crippen LogP contribution is -2.16. The van der Waals surface area contributed by atoms with Crippen molar-refractivity contribution in [3.63, 3.8) is 0 Å². The van der Waals surface area contributed by atoms with Crippen molar-refractivity contribution in [2.75, 3.05) is 0 Å². The van der Waals surface area contributed by atoms with Crippen molar-refractivity contribution in [2.45, 2.75) is 13.5 Å². The quantitative estimate of drug-likeness (QED) is 0.207. The van der Waals surface area contributed by atoms with E-state index in [9.17, 15) is 9.90 Å². The lowest BCUT2D eigenvalue weighted by atomic mass is 10.1. The molecule has 0 aliphatic heterocycles. The van der Waals surface area contributed by atoms with Gasteiger partial charge < -0.3 is 14.1 Å². The molecule has 2 heterocycles.